The molecular weight excluding hydrogens is 295 g/mol. The summed E-state index contributed by atoms with van der Waals surface area (Å²) in [5, 5.41) is 0. The van der Waals surface area contributed by atoms with Crippen LogP contribution >= 0.6 is 0 Å². The van der Waals surface area contributed by atoms with Crippen molar-refractivity contribution in [2.45, 2.75) is 0 Å². The first-order valence-corrected chi connectivity index (χ1v) is 0. The van der Waals surface area contributed by atoms with Crippen LogP contribution in [0.3, 0.4) is 0 Å². The molecule has 2 N–H and O–H groups in total. The first kappa shape index (κ1) is 36.5. The van der Waals surface area contributed by atoms with E-state index in [1.165, 1.54) is 0 Å². The fourth-order valence-electron chi connectivity index (χ4n) is 0. The van der Waals surface area contributed by atoms with Crippen molar-refractivity contribution in [1.29, 1.82) is 0 Å². The first-order valence-electron chi connectivity index (χ1n) is 0. The molecule has 0 heterocycles. The zero-order chi connectivity index (χ0) is 0. The zero-order valence-electron chi connectivity index (χ0n) is 6.68. The van der Waals surface area contributed by atoms with Crippen molar-refractivity contribution >= 4 is 83.2 Å². The topological polar surface area (TPSA) is 31.5 Å². The molecule has 0 rings (SSSR count). The van der Waals surface area contributed by atoms with Crippen LogP contribution < -0.4 is 0 Å². The van der Waals surface area contributed by atoms with Crippen molar-refractivity contribution < 1.29 is 49.3 Å². The van der Waals surface area contributed by atoms with Crippen LogP contribution in [0.4, 0.5) is 0 Å². The maximum atomic E-state index is 0. The Morgan fingerprint density at radius 2 is 1.20 bits per heavy atom. The summed E-state index contributed by atoms with van der Waals surface area (Å²) >= 11 is 0. The Bertz CT molecular complexity index is 20.5. The molecule has 0 spiro atoms. The van der Waals surface area contributed by atoms with Gasteiger partial charge >= 0.3 is 83.2 Å². The molecule has 0 aromatic carbocycles. The summed E-state index contributed by atoms with van der Waals surface area (Å²) in [7, 11) is 0. The second-order valence-corrected chi connectivity index (χ2v) is 0. The Hall–Kier alpha value is 3.91. The molecule has 0 aliphatic rings. The third-order valence-corrected chi connectivity index (χ3v) is 0. The fourth-order valence-corrected chi connectivity index (χ4v) is 0. The van der Waals surface area contributed by atoms with Crippen LogP contribution in [-0.2, 0) is 38.1 Å². The molecule has 0 aromatic rings. The molecule has 0 radical (unpaired) electrons. The van der Waals surface area contributed by atoms with Gasteiger partial charge in [-0.15, -0.1) is 0 Å². The largest absolute Gasteiger partial charge is 2.00 e. The quantitative estimate of drug-likeness (QED) is 0.507. The molecule has 0 atom stereocenters. The molecule has 0 saturated carbocycles. The van der Waals surface area contributed by atoms with Gasteiger partial charge in [-0.2, -0.15) is 0 Å². The molecule has 5 heavy (non-hydrogen) atoms. The third kappa shape index (κ3) is 18.1. The van der Waals surface area contributed by atoms with Gasteiger partial charge in [0.1, 0.15) is 0 Å². The molecule has 0 aromatic heterocycles. The molecule has 0 bridgehead atoms. The van der Waals surface area contributed by atoms with E-state index >= 15 is 0 Å². The predicted molar refractivity (Wildman–Crippen MR) is 19.6 cm³/mol. The molecule has 0 aliphatic heterocycles. The van der Waals surface area contributed by atoms with Crippen molar-refractivity contribution in [1.82, 2.24) is 0 Å². The van der Waals surface area contributed by atoms with E-state index < -0.39 is 0 Å². The Balaban J connectivity index is 0. The average Bonchev–Trinajstić information content (AvgIpc) is 0. The van der Waals surface area contributed by atoms with Crippen LogP contribution in [0.15, 0.2) is 0 Å². The molecule has 0 saturated heterocycles. The van der Waals surface area contributed by atoms with Gasteiger partial charge in [0, 0.05) is 38.1 Å². The fraction of sp³-hybridized carbons (Fsp3) is 0. The Morgan fingerprint density at radius 1 is 1.20 bits per heavy atom. The normalized spacial score (nSPS) is 0. The summed E-state index contributed by atoms with van der Waals surface area (Å²) in [6.07, 6.45) is 0. The summed E-state index contributed by atoms with van der Waals surface area (Å²) in [5.41, 5.74) is 0. The summed E-state index contributed by atoms with van der Waals surface area (Å²) in [6, 6.07) is 0. The van der Waals surface area contributed by atoms with E-state index in [0.717, 1.165) is 0 Å². The van der Waals surface area contributed by atoms with E-state index in [1.54, 1.807) is 0 Å². The minimum Gasteiger partial charge on any atom is -1.00 e. The van der Waals surface area contributed by atoms with Gasteiger partial charge in [-0.1, -0.05) is 0 Å². The van der Waals surface area contributed by atoms with Crippen molar-refractivity contribution in [2.75, 3.05) is 0 Å². The van der Waals surface area contributed by atoms with Crippen molar-refractivity contribution in [2.24, 2.45) is 0 Å². The minimum absolute atomic E-state index is 0. The minimum atomic E-state index is 0. The van der Waals surface area contributed by atoms with Crippen molar-refractivity contribution in [3.05, 3.63) is 0 Å². The van der Waals surface area contributed by atoms with E-state index in [0.29, 0.717) is 0 Å². The maximum Gasteiger partial charge on any atom is 2.00 e. The zero-order valence-corrected chi connectivity index (χ0v) is 11.5. The molecule has 30 valence electrons. The van der Waals surface area contributed by atoms with Crippen LogP contribution in [0.25, 0.3) is 0 Å². The number of hydrogen-bond donors (Lipinski definition) is 0. The third-order valence-electron chi connectivity index (χ3n) is 0. The molecule has 1 nitrogen and oxygen atoms in total. The molecule has 0 fully saturated rings. The van der Waals surface area contributed by atoms with Gasteiger partial charge in [0.25, 0.3) is 0 Å². The number of hydrogen-bond acceptors (Lipinski definition) is 0. The molecule has 0 aliphatic carbocycles. The molecule has 0 unspecified atom stereocenters. The van der Waals surface area contributed by atoms with Gasteiger partial charge in [0.15, 0.2) is 0 Å². The van der Waals surface area contributed by atoms with Crippen LogP contribution in [0.1, 0.15) is 5.71 Å². The van der Waals surface area contributed by atoms with E-state index in [1.807, 2.05) is 0 Å². The summed E-state index contributed by atoms with van der Waals surface area (Å²) in [4.78, 5) is 0. The van der Waals surface area contributed by atoms with Crippen LogP contribution in [0.2, 0.25) is 0 Å². The van der Waals surface area contributed by atoms with Gasteiger partial charge in [0.2, 0.25) is 0 Å². The maximum absolute atomic E-state index is 0. The summed E-state index contributed by atoms with van der Waals surface area (Å²) in [6.45, 7) is 0. The summed E-state index contributed by atoms with van der Waals surface area (Å²) < 4.78 is 0. The first-order chi connectivity index (χ1) is 0. The van der Waals surface area contributed by atoms with Gasteiger partial charge < -0.3 is 11.2 Å². The van der Waals surface area contributed by atoms with Gasteiger partial charge in [-0.3, -0.25) is 0 Å². The van der Waals surface area contributed by atoms with Gasteiger partial charge in [-0.05, 0) is 0 Å². The van der Waals surface area contributed by atoms with E-state index in [9.17, 15) is 0 Å². The molecular formula is H6CaFeMoOSr. The van der Waals surface area contributed by atoms with Gasteiger partial charge in [-0.25, -0.2) is 0 Å². The van der Waals surface area contributed by atoms with Crippen molar-refractivity contribution in [3.63, 3.8) is 0 Å². The van der Waals surface area contributed by atoms with Crippen LogP contribution in [0, 0.1) is 0 Å². The SMILES string of the molecule is O.[Ca+2].[Fe].[H-].[H-].[H-].[H-].[Mo].[Sr+2]. The van der Waals surface area contributed by atoms with Crippen molar-refractivity contribution in [3.8, 4) is 0 Å². The average molecular weight is 302 g/mol. The Morgan fingerprint density at radius 3 is 1.20 bits per heavy atom. The Kier molecular flexibility index (Phi) is 180. The second kappa shape index (κ2) is 24.7. The summed E-state index contributed by atoms with van der Waals surface area (Å²) in [5.74, 6) is 0. The monoisotopic (exact) mass is 304 g/mol. The van der Waals surface area contributed by atoms with Crippen LogP contribution in [-0.4, -0.2) is 88.7 Å². The molecule has 0 amide bonds. The van der Waals surface area contributed by atoms with E-state index in [-0.39, 0.29) is 133 Å². The van der Waals surface area contributed by atoms with Crippen LogP contribution in [0.5, 0.6) is 0 Å². The molecule has 5 heteroatoms. The number of rotatable bonds is 0. The van der Waals surface area contributed by atoms with E-state index in [4.69, 9.17) is 0 Å². The van der Waals surface area contributed by atoms with E-state index in [2.05, 4.69) is 0 Å². The van der Waals surface area contributed by atoms with Gasteiger partial charge in [0.05, 0.1) is 0 Å². The smallest absolute Gasteiger partial charge is 1.00 e. The second-order valence-electron chi connectivity index (χ2n) is 0. The predicted octanol–water partition coefficient (Wildman–Crippen LogP) is -1.14. The standard InChI is InChI=1S/Ca.Fe.Mo.H2O.Sr.4H/h;;;1H2;;;;;/q+2;;;;+2;4*-1. The Labute approximate surface area is 129 Å².